The summed E-state index contributed by atoms with van der Waals surface area (Å²) in [5.74, 6) is -1.10. The Morgan fingerprint density at radius 3 is 2.55 bits per heavy atom. The van der Waals surface area contributed by atoms with E-state index in [0.29, 0.717) is 5.13 Å². The lowest BCUT2D eigenvalue weighted by Gasteiger charge is -1.95. The molecule has 0 fully saturated rings. The van der Waals surface area contributed by atoms with Gasteiger partial charge in [0.15, 0.2) is 5.13 Å². The first-order valence-electron chi connectivity index (χ1n) is 5.79. The zero-order valence-electron chi connectivity index (χ0n) is 10.7. The van der Waals surface area contributed by atoms with Gasteiger partial charge in [-0.15, -0.1) is 11.3 Å². The molecular formula is C14H12N2O3S. The minimum atomic E-state index is -0.944. The second-order valence-corrected chi connectivity index (χ2v) is 4.88. The molecule has 102 valence electrons. The quantitative estimate of drug-likeness (QED) is 0.906. The van der Waals surface area contributed by atoms with Crippen molar-refractivity contribution in [2.75, 3.05) is 5.32 Å². The fourth-order valence-electron chi connectivity index (χ4n) is 1.49. The highest BCUT2D eigenvalue weighted by Crippen LogP contribution is 2.17. The number of anilines is 1. The fraction of sp³-hybridized carbons (Fsp3) is 0.0714. The van der Waals surface area contributed by atoms with E-state index in [1.54, 1.807) is 30.3 Å². The van der Waals surface area contributed by atoms with E-state index in [-0.39, 0.29) is 11.5 Å². The number of hydrogen-bond acceptors (Lipinski definition) is 4. The molecule has 0 bridgehead atoms. The standard InChI is InChI=1S/C14H12N2O3S/c1-9(17)15-14-16-12(8-20-14)7-4-10-2-5-11(6-3-10)13(18)19/h2-8H,1H3,(H,18,19)(H,15,16,17). The van der Waals surface area contributed by atoms with Crippen molar-refractivity contribution in [1.29, 1.82) is 0 Å². The van der Waals surface area contributed by atoms with Gasteiger partial charge in [0.1, 0.15) is 0 Å². The van der Waals surface area contributed by atoms with Crippen molar-refractivity contribution < 1.29 is 14.7 Å². The van der Waals surface area contributed by atoms with Crippen molar-refractivity contribution in [3.8, 4) is 0 Å². The molecule has 2 rings (SSSR count). The fourth-order valence-corrected chi connectivity index (χ4v) is 2.21. The van der Waals surface area contributed by atoms with Crippen LogP contribution in [0.2, 0.25) is 0 Å². The van der Waals surface area contributed by atoms with Crippen molar-refractivity contribution in [3.05, 3.63) is 46.5 Å². The maximum absolute atomic E-state index is 10.9. The van der Waals surface area contributed by atoms with Crippen LogP contribution in [0.25, 0.3) is 12.2 Å². The number of carbonyl (C=O) groups excluding carboxylic acids is 1. The van der Waals surface area contributed by atoms with E-state index in [9.17, 15) is 9.59 Å². The predicted octanol–water partition coefficient (Wildman–Crippen LogP) is 2.97. The minimum Gasteiger partial charge on any atom is -0.478 e. The number of rotatable bonds is 4. The Bertz CT molecular complexity index is 659. The lowest BCUT2D eigenvalue weighted by molar-refractivity contribution is -0.114. The summed E-state index contributed by atoms with van der Waals surface area (Å²) in [6.07, 6.45) is 3.63. The number of aromatic carboxylic acids is 1. The van der Waals surface area contributed by atoms with E-state index in [1.807, 2.05) is 11.5 Å². The van der Waals surface area contributed by atoms with E-state index >= 15 is 0 Å². The highest BCUT2D eigenvalue weighted by molar-refractivity contribution is 7.14. The average molecular weight is 288 g/mol. The van der Waals surface area contributed by atoms with Gasteiger partial charge in [0.05, 0.1) is 11.3 Å². The molecular weight excluding hydrogens is 276 g/mol. The molecule has 0 aliphatic heterocycles. The first-order valence-corrected chi connectivity index (χ1v) is 6.67. The number of nitrogens with one attached hydrogen (secondary N) is 1. The monoisotopic (exact) mass is 288 g/mol. The Labute approximate surface area is 119 Å². The van der Waals surface area contributed by atoms with Crippen LogP contribution < -0.4 is 5.32 Å². The van der Waals surface area contributed by atoms with Gasteiger partial charge < -0.3 is 10.4 Å². The molecule has 0 saturated heterocycles. The largest absolute Gasteiger partial charge is 0.478 e. The number of amides is 1. The number of carboxylic acids is 1. The van der Waals surface area contributed by atoms with Crippen LogP contribution in [0.4, 0.5) is 5.13 Å². The summed E-state index contributed by atoms with van der Waals surface area (Å²) in [4.78, 5) is 25.8. The summed E-state index contributed by atoms with van der Waals surface area (Å²) in [7, 11) is 0. The molecule has 0 aliphatic rings. The van der Waals surface area contributed by atoms with Gasteiger partial charge in [-0.05, 0) is 23.8 Å². The third-order valence-corrected chi connectivity index (χ3v) is 3.19. The van der Waals surface area contributed by atoms with Crippen LogP contribution in [0.5, 0.6) is 0 Å². The molecule has 2 N–H and O–H groups in total. The van der Waals surface area contributed by atoms with E-state index in [0.717, 1.165) is 11.3 Å². The number of benzene rings is 1. The predicted molar refractivity (Wildman–Crippen MR) is 78.7 cm³/mol. The summed E-state index contributed by atoms with van der Waals surface area (Å²) in [6, 6.07) is 6.54. The highest BCUT2D eigenvalue weighted by Gasteiger charge is 2.02. The Morgan fingerprint density at radius 2 is 1.95 bits per heavy atom. The molecule has 1 aromatic carbocycles. The number of hydrogen-bond donors (Lipinski definition) is 2. The molecule has 1 heterocycles. The second-order valence-electron chi connectivity index (χ2n) is 4.02. The molecule has 0 aliphatic carbocycles. The SMILES string of the molecule is CC(=O)Nc1nc(C=Cc2ccc(C(=O)O)cc2)cs1. The third kappa shape index (κ3) is 3.76. The van der Waals surface area contributed by atoms with Crippen molar-refractivity contribution in [2.45, 2.75) is 6.92 Å². The van der Waals surface area contributed by atoms with E-state index in [4.69, 9.17) is 5.11 Å². The highest BCUT2D eigenvalue weighted by atomic mass is 32.1. The molecule has 1 amide bonds. The van der Waals surface area contributed by atoms with Crippen molar-refractivity contribution in [2.24, 2.45) is 0 Å². The van der Waals surface area contributed by atoms with Gasteiger partial charge in [0, 0.05) is 12.3 Å². The first-order chi connectivity index (χ1) is 9.54. The minimum absolute atomic E-state index is 0.154. The molecule has 1 aromatic heterocycles. The molecule has 0 atom stereocenters. The Balaban J connectivity index is 2.07. The molecule has 0 unspecified atom stereocenters. The summed E-state index contributed by atoms with van der Waals surface area (Å²) >= 11 is 1.35. The Hall–Kier alpha value is -2.47. The molecule has 6 heteroatoms. The van der Waals surface area contributed by atoms with Crippen molar-refractivity contribution in [1.82, 2.24) is 4.98 Å². The van der Waals surface area contributed by atoms with E-state index in [2.05, 4.69) is 10.3 Å². The summed E-state index contributed by atoms with van der Waals surface area (Å²) in [6.45, 7) is 1.43. The molecule has 2 aromatic rings. The molecule has 0 radical (unpaired) electrons. The van der Waals surface area contributed by atoms with Crippen molar-refractivity contribution >= 4 is 40.5 Å². The lowest BCUT2D eigenvalue weighted by atomic mass is 10.1. The van der Waals surface area contributed by atoms with Crippen LogP contribution in [-0.2, 0) is 4.79 Å². The van der Waals surface area contributed by atoms with Gasteiger partial charge in [-0.3, -0.25) is 4.79 Å². The van der Waals surface area contributed by atoms with E-state index in [1.165, 1.54) is 18.3 Å². The van der Waals surface area contributed by atoms with Gasteiger partial charge in [-0.2, -0.15) is 0 Å². The second kappa shape index (κ2) is 6.12. The topological polar surface area (TPSA) is 79.3 Å². The van der Waals surface area contributed by atoms with E-state index < -0.39 is 5.97 Å². The van der Waals surface area contributed by atoms with Gasteiger partial charge in [-0.1, -0.05) is 18.2 Å². The summed E-state index contributed by atoms with van der Waals surface area (Å²) in [5.41, 5.74) is 1.87. The van der Waals surface area contributed by atoms with Crippen LogP contribution in [0.15, 0.2) is 29.6 Å². The average Bonchev–Trinajstić information content (AvgIpc) is 2.83. The Kier molecular flexibility index (Phi) is 4.27. The summed E-state index contributed by atoms with van der Waals surface area (Å²) < 4.78 is 0. The number of nitrogens with zero attached hydrogens (tertiary/aromatic N) is 1. The van der Waals surface area contributed by atoms with Gasteiger partial charge in [0.2, 0.25) is 5.91 Å². The molecule has 5 nitrogen and oxygen atoms in total. The molecule has 20 heavy (non-hydrogen) atoms. The number of carboxylic acid groups (broad SMARTS) is 1. The van der Waals surface area contributed by atoms with Crippen LogP contribution in [0, 0.1) is 0 Å². The lowest BCUT2D eigenvalue weighted by Crippen LogP contribution is -2.04. The normalized spacial score (nSPS) is 10.7. The Morgan fingerprint density at radius 1 is 1.25 bits per heavy atom. The van der Waals surface area contributed by atoms with Gasteiger partial charge in [-0.25, -0.2) is 9.78 Å². The van der Waals surface area contributed by atoms with Crippen LogP contribution in [0.3, 0.4) is 0 Å². The zero-order valence-corrected chi connectivity index (χ0v) is 11.5. The van der Waals surface area contributed by atoms with Crippen LogP contribution in [0.1, 0.15) is 28.5 Å². The van der Waals surface area contributed by atoms with Crippen LogP contribution >= 0.6 is 11.3 Å². The number of aromatic nitrogens is 1. The van der Waals surface area contributed by atoms with Gasteiger partial charge >= 0.3 is 5.97 Å². The summed E-state index contributed by atoms with van der Waals surface area (Å²) in [5, 5.41) is 13.8. The first kappa shape index (κ1) is 14.0. The molecule has 0 spiro atoms. The smallest absolute Gasteiger partial charge is 0.335 e. The number of thiazole rings is 1. The zero-order chi connectivity index (χ0) is 14.5. The maximum Gasteiger partial charge on any atom is 0.335 e. The van der Waals surface area contributed by atoms with Crippen molar-refractivity contribution in [3.63, 3.8) is 0 Å². The number of carbonyl (C=O) groups is 2. The van der Waals surface area contributed by atoms with Crippen LogP contribution in [-0.4, -0.2) is 22.0 Å². The maximum atomic E-state index is 10.9. The third-order valence-electron chi connectivity index (χ3n) is 2.41. The van der Waals surface area contributed by atoms with Gasteiger partial charge in [0.25, 0.3) is 0 Å². The molecule has 0 saturated carbocycles.